The molecule has 2 fully saturated rings. The minimum absolute atomic E-state index is 0.126. The van der Waals surface area contributed by atoms with Crippen molar-refractivity contribution in [3.8, 4) is 0 Å². The Hall–Kier alpha value is -1.56. The summed E-state index contributed by atoms with van der Waals surface area (Å²) in [6.45, 7) is 9.19. The molecule has 2 aliphatic rings. The van der Waals surface area contributed by atoms with Crippen LogP contribution in [-0.2, 0) is 6.54 Å². The molecule has 0 aromatic carbocycles. The van der Waals surface area contributed by atoms with E-state index >= 15 is 0 Å². The highest BCUT2D eigenvalue weighted by atomic mass is 16.2. The van der Waals surface area contributed by atoms with Crippen LogP contribution in [-0.4, -0.2) is 63.9 Å². The molecule has 2 amide bonds. The summed E-state index contributed by atoms with van der Waals surface area (Å²) in [6.07, 6.45) is 9.67. The van der Waals surface area contributed by atoms with Crippen LogP contribution >= 0.6 is 0 Å². The fraction of sp³-hybridized carbons (Fsp3) is 0.789. The number of piperidine rings is 1. The number of aromatic nitrogens is 2. The van der Waals surface area contributed by atoms with Crippen LogP contribution in [0.25, 0.3) is 0 Å². The minimum atomic E-state index is 0.126. The number of urea groups is 1. The lowest BCUT2D eigenvalue weighted by molar-refractivity contribution is 0.158. The maximum absolute atomic E-state index is 12.5. The molecule has 1 aromatic heterocycles. The molecule has 0 spiro atoms. The Balaban J connectivity index is 1.35. The second kappa shape index (κ2) is 8.70. The van der Waals surface area contributed by atoms with Gasteiger partial charge in [0.15, 0.2) is 0 Å². The van der Waals surface area contributed by atoms with Crippen LogP contribution in [0.2, 0.25) is 0 Å². The quantitative estimate of drug-likeness (QED) is 0.860. The third-order valence-corrected chi connectivity index (χ3v) is 5.80. The van der Waals surface area contributed by atoms with Crippen molar-refractivity contribution < 1.29 is 4.79 Å². The largest absolute Gasteiger partial charge is 0.336 e. The van der Waals surface area contributed by atoms with Gasteiger partial charge in [-0.15, -0.1) is 0 Å². The molecular weight excluding hydrogens is 314 g/mol. The van der Waals surface area contributed by atoms with E-state index in [1.807, 2.05) is 28.0 Å². The first kappa shape index (κ1) is 18.2. The normalized spacial score (nSPS) is 22.7. The lowest BCUT2D eigenvalue weighted by Crippen LogP contribution is -2.49. The number of rotatable bonds is 6. The number of nitrogens with zero attached hydrogens (tertiary/aromatic N) is 4. The summed E-state index contributed by atoms with van der Waals surface area (Å²) >= 11 is 0. The first-order chi connectivity index (χ1) is 12.1. The van der Waals surface area contributed by atoms with Gasteiger partial charge in [-0.25, -0.2) is 4.79 Å². The van der Waals surface area contributed by atoms with E-state index in [-0.39, 0.29) is 6.03 Å². The zero-order valence-corrected chi connectivity index (χ0v) is 15.7. The van der Waals surface area contributed by atoms with Gasteiger partial charge in [0.05, 0.1) is 0 Å². The summed E-state index contributed by atoms with van der Waals surface area (Å²) in [5.41, 5.74) is 0. The Morgan fingerprint density at radius 2 is 2.04 bits per heavy atom. The molecule has 25 heavy (non-hydrogen) atoms. The monoisotopic (exact) mass is 347 g/mol. The van der Waals surface area contributed by atoms with Crippen LogP contribution in [0.5, 0.6) is 0 Å². The highest BCUT2D eigenvalue weighted by Crippen LogP contribution is 2.22. The maximum atomic E-state index is 12.5. The van der Waals surface area contributed by atoms with E-state index in [4.69, 9.17) is 0 Å². The highest BCUT2D eigenvalue weighted by molar-refractivity contribution is 5.74. The molecule has 0 saturated carbocycles. The van der Waals surface area contributed by atoms with Gasteiger partial charge >= 0.3 is 6.03 Å². The van der Waals surface area contributed by atoms with Crippen LogP contribution in [0.1, 0.15) is 46.0 Å². The van der Waals surface area contributed by atoms with Crippen LogP contribution in [0.15, 0.2) is 18.5 Å². The van der Waals surface area contributed by atoms with Crippen LogP contribution in [0.4, 0.5) is 4.79 Å². The number of carbonyl (C=O) groups excluding carboxylic acids is 1. The summed E-state index contributed by atoms with van der Waals surface area (Å²) < 4.78 is 2.00. The lowest BCUT2D eigenvalue weighted by atomic mass is 9.94. The molecule has 140 valence electrons. The number of hydrogen-bond donors (Lipinski definition) is 1. The molecule has 2 aliphatic heterocycles. The van der Waals surface area contributed by atoms with Gasteiger partial charge in [-0.2, -0.15) is 5.10 Å². The van der Waals surface area contributed by atoms with Crippen LogP contribution in [0, 0.1) is 5.92 Å². The predicted octanol–water partition coefficient (Wildman–Crippen LogP) is 2.57. The number of hydrogen-bond acceptors (Lipinski definition) is 3. The van der Waals surface area contributed by atoms with E-state index in [2.05, 4.69) is 29.2 Å². The second-order valence-corrected chi connectivity index (χ2v) is 7.80. The van der Waals surface area contributed by atoms with E-state index < -0.39 is 0 Å². The molecule has 0 bridgehead atoms. The van der Waals surface area contributed by atoms with E-state index in [0.29, 0.717) is 18.0 Å². The fourth-order valence-electron chi connectivity index (χ4n) is 4.25. The molecule has 1 unspecified atom stereocenters. The van der Waals surface area contributed by atoms with Crippen molar-refractivity contribution in [1.82, 2.24) is 24.9 Å². The third kappa shape index (κ3) is 4.97. The number of aryl methyl sites for hydroxylation is 1. The molecule has 6 heteroatoms. The van der Waals surface area contributed by atoms with Crippen molar-refractivity contribution in [2.24, 2.45) is 5.92 Å². The third-order valence-electron chi connectivity index (χ3n) is 5.80. The van der Waals surface area contributed by atoms with Gasteiger partial charge in [-0.3, -0.25) is 9.58 Å². The summed E-state index contributed by atoms with van der Waals surface area (Å²) in [6, 6.07) is 3.17. The fourth-order valence-corrected chi connectivity index (χ4v) is 4.25. The Bertz CT molecular complexity index is 522. The van der Waals surface area contributed by atoms with Gasteiger partial charge in [-0.1, -0.05) is 0 Å². The van der Waals surface area contributed by atoms with Crippen molar-refractivity contribution in [1.29, 1.82) is 0 Å². The zero-order valence-electron chi connectivity index (χ0n) is 15.7. The first-order valence-electron chi connectivity index (χ1n) is 9.89. The molecule has 2 saturated heterocycles. The number of amides is 2. The molecule has 6 nitrogen and oxygen atoms in total. The van der Waals surface area contributed by atoms with Crippen molar-refractivity contribution in [2.75, 3.05) is 26.2 Å². The van der Waals surface area contributed by atoms with Crippen molar-refractivity contribution >= 4 is 6.03 Å². The molecule has 1 aromatic rings. The molecule has 3 rings (SSSR count). The van der Waals surface area contributed by atoms with Gasteiger partial charge in [0.2, 0.25) is 0 Å². The average molecular weight is 348 g/mol. The molecular formula is C19H33N5O. The number of likely N-dealkylation sites (tertiary alicyclic amines) is 2. The van der Waals surface area contributed by atoms with Crippen molar-refractivity contribution in [3.05, 3.63) is 18.5 Å². The number of carbonyl (C=O) groups is 1. The van der Waals surface area contributed by atoms with Crippen LogP contribution in [0.3, 0.4) is 0 Å². The minimum Gasteiger partial charge on any atom is -0.336 e. The maximum Gasteiger partial charge on any atom is 0.317 e. The van der Waals surface area contributed by atoms with E-state index in [9.17, 15) is 4.79 Å². The number of nitrogens with one attached hydrogen (secondary N) is 1. The SMILES string of the molecule is CC(C)N1CCCC1CNC(=O)N1CCC(CCn2cccn2)CC1. The Morgan fingerprint density at radius 3 is 2.72 bits per heavy atom. The van der Waals surface area contributed by atoms with Gasteiger partial charge in [-0.05, 0) is 64.5 Å². The molecule has 1 N–H and O–H groups in total. The summed E-state index contributed by atoms with van der Waals surface area (Å²) in [4.78, 5) is 17.0. The Labute approximate surface area is 151 Å². The Morgan fingerprint density at radius 1 is 1.24 bits per heavy atom. The van der Waals surface area contributed by atoms with Crippen molar-refractivity contribution in [2.45, 2.75) is 64.6 Å². The van der Waals surface area contributed by atoms with Gasteiger partial charge in [0.1, 0.15) is 0 Å². The van der Waals surface area contributed by atoms with E-state index in [1.54, 1.807) is 0 Å². The molecule has 0 radical (unpaired) electrons. The zero-order chi connectivity index (χ0) is 17.6. The van der Waals surface area contributed by atoms with Crippen LogP contribution < -0.4 is 5.32 Å². The lowest BCUT2D eigenvalue weighted by Gasteiger charge is -2.33. The standard InChI is InChI=1S/C19H33N5O/c1-16(2)24-11-3-5-18(24)15-20-19(25)22-12-6-17(7-13-22)8-14-23-10-4-9-21-23/h4,9-10,16-18H,3,5-8,11-15H2,1-2H3,(H,20,25). The Kier molecular flexibility index (Phi) is 6.34. The summed E-state index contributed by atoms with van der Waals surface area (Å²) in [5, 5.41) is 7.44. The topological polar surface area (TPSA) is 53.4 Å². The summed E-state index contributed by atoms with van der Waals surface area (Å²) in [5.74, 6) is 0.708. The van der Waals surface area contributed by atoms with Gasteiger partial charge < -0.3 is 10.2 Å². The second-order valence-electron chi connectivity index (χ2n) is 7.80. The highest BCUT2D eigenvalue weighted by Gasteiger charge is 2.28. The smallest absolute Gasteiger partial charge is 0.317 e. The summed E-state index contributed by atoms with van der Waals surface area (Å²) in [7, 11) is 0. The first-order valence-corrected chi connectivity index (χ1v) is 9.89. The molecule has 0 aliphatic carbocycles. The average Bonchev–Trinajstić information content (AvgIpc) is 3.29. The predicted molar refractivity (Wildman–Crippen MR) is 99.4 cm³/mol. The van der Waals surface area contributed by atoms with Gasteiger partial charge in [0, 0.05) is 50.7 Å². The van der Waals surface area contributed by atoms with E-state index in [0.717, 1.165) is 45.4 Å². The van der Waals surface area contributed by atoms with Crippen molar-refractivity contribution in [3.63, 3.8) is 0 Å². The van der Waals surface area contributed by atoms with Gasteiger partial charge in [0.25, 0.3) is 0 Å². The molecule has 3 heterocycles. The molecule has 1 atom stereocenters. The van der Waals surface area contributed by atoms with E-state index in [1.165, 1.54) is 19.4 Å².